The van der Waals surface area contributed by atoms with Crippen LogP contribution >= 0.6 is 0 Å². The van der Waals surface area contributed by atoms with E-state index in [0.29, 0.717) is 0 Å². The van der Waals surface area contributed by atoms with Crippen LogP contribution in [0.1, 0.15) is 26.3 Å². The van der Waals surface area contributed by atoms with Crippen molar-refractivity contribution in [1.29, 1.82) is 0 Å². The van der Waals surface area contributed by atoms with Crippen molar-refractivity contribution in [2.24, 2.45) is 0 Å². The van der Waals surface area contributed by atoms with Crippen molar-refractivity contribution in [2.45, 2.75) is 26.2 Å². The Kier molecular flexibility index (Phi) is 2.07. The number of fused-ring (bicyclic) bond motifs is 1. The summed E-state index contributed by atoms with van der Waals surface area (Å²) in [5.41, 5.74) is 1.62. The van der Waals surface area contributed by atoms with E-state index in [1.807, 2.05) is 12.1 Å². The number of hydrogen-bond acceptors (Lipinski definition) is 0. The molecule has 0 unspecified atom stereocenters. The van der Waals surface area contributed by atoms with E-state index in [0.717, 1.165) is 0 Å². The van der Waals surface area contributed by atoms with Crippen LogP contribution in [-0.4, -0.2) is 0 Å². The maximum atomic E-state index is 3.09. The van der Waals surface area contributed by atoms with E-state index in [2.05, 4.69) is 51.1 Å². The van der Waals surface area contributed by atoms with Crippen LogP contribution < -0.4 is 0 Å². The highest BCUT2D eigenvalue weighted by Crippen LogP contribution is 2.25. The van der Waals surface area contributed by atoms with Crippen molar-refractivity contribution in [1.82, 2.24) is 0 Å². The van der Waals surface area contributed by atoms with Gasteiger partial charge in [0.15, 0.2) is 0 Å². The van der Waals surface area contributed by atoms with E-state index >= 15 is 0 Å². The molecule has 1 radical (unpaired) electrons. The molecule has 0 aliphatic carbocycles. The molecule has 0 aliphatic rings. The Hall–Kier alpha value is -1.30. The summed E-state index contributed by atoms with van der Waals surface area (Å²) in [6.45, 7) is 6.72. The van der Waals surface area contributed by atoms with Gasteiger partial charge in [0, 0.05) is 0 Å². The molecule has 14 heavy (non-hydrogen) atoms. The van der Waals surface area contributed by atoms with Crippen LogP contribution in [0.2, 0.25) is 0 Å². The number of rotatable bonds is 0. The summed E-state index contributed by atoms with van der Waals surface area (Å²) in [7, 11) is 0. The third-order valence-corrected chi connectivity index (χ3v) is 2.55. The van der Waals surface area contributed by atoms with Gasteiger partial charge in [-0.25, -0.2) is 0 Å². The molecule has 2 aromatic rings. The maximum absolute atomic E-state index is 3.09. The Morgan fingerprint density at radius 3 is 2.50 bits per heavy atom. The van der Waals surface area contributed by atoms with Crippen LogP contribution in [-0.2, 0) is 5.41 Å². The van der Waals surface area contributed by atoms with Crippen molar-refractivity contribution < 1.29 is 0 Å². The average Bonchev–Trinajstić information content (AvgIpc) is 2.16. The van der Waals surface area contributed by atoms with E-state index in [4.69, 9.17) is 0 Å². The molecule has 0 saturated carbocycles. The predicted octanol–water partition coefficient (Wildman–Crippen LogP) is 3.94. The van der Waals surface area contributed by atoms with Crippen molar-refractivity contribution in [3.8, 4) is 0 Å². The summed E-state index contributed by atoms with van der Waals surface area (Å²) in [5.74, 6) is 0. The molecule has 0 saturated heterocycles. The molecule has 0 aliphatic heterocycles. The van der Waals surface area contributed by atoms with Gasteiger partial charge in [0.1, 0.15) is 0 Å². The number of benzene rings is 2. The third-order valence-electron chi connectivity index (χ3n) is 2.55. The van der Waals surface area contributed by atoms with Gasteiger partial charge >= 0.3 is 0 Å². The summed E-state index contributed by atoms with van der Waals surface area (Å²) in [4.78, 5) is 0. The van der Waals surface area contributed by atoms with Crippen molar-refractivity contribution >= 4 is 10.8 Å². The average molecular weight is 183 g/mol. The summed E-state index contributed by atoms with van der Waals surface area (Å²) in [5, 5.41) is 2.57. The topological polar surface area (TPSA) is 0 Å². The van der Waals surface area contributed by atoms with Crippen molar-refractivity contribution in [3.63, 3.8) is 0 Å². The minimum absolute atomic E-state index is 0.230. The molecular weight excluding hydrogens is 168 g/mol. The molecule has 2 rings (SSSR count). The summed E-state index contributed by atoms with van der Waals surface area (Å²) >= 11 is 0. The molecule has 0 heterocycles. The molecule has 2 aromatic carbocycles. The highest BCUT2D eigenvalue weighted by atomic mass is 14.2. The highest BCUT2D eigenvalue weighted by Gasteiger charge is 2.13. The van der Waals surface area contributed by atoms with Gasteiger partial charge in [0.05, 0.1) is 0 Å². The monoisotopic (exact) mass is 183 g/mol. The SMILES string of the molecule is CC(C)(C)c1ccc2c[c]ccc2c1. The first kappa shape index (κ1) is 9.26. The Morgan fingerprint density at radius 2 is 1.79 bits per heavy atom. The van der Waals surface area contributed by atoms with Gasteiger partial charge in [-0.2, -0.15) is 0 Å². The zero-order chi connectivity index (χ0) is 10.2. The fourth-order valence-electron chi connectivity index (χ4n) is 1.59. The molecule has 0 atom stereocenters. The van der Waals surface area contributed by atoms with Gasteiger partial charge < -0.3 is 0 Å². The Bertz CT molecular complexity index is 447. The van der Waals surface area contributed by atoms with Gasteiger partial charge in [-0.05, 0) is 33.9 Å². The van der Waals surface area contributed by atoms with Crippen LogP contribution in [0.15, 0.2) is 36.4 Å². The summed E-state index contributed by atoms with van der Waals surface area (Å²) in [6.07, 6.45) is 0. The standard InChI is InChI=1S/C14H15/c1-14(2,3)13-9-8-11-6-4-5-7-12(11)10-13/h5-10H,1-3H3. The molecule has 0 fully saturated rings. The second-order valence-electron chi connectivity index (χ2n) is 4.74. The Balaban J connectivity index is 2.63. The van der Waals surface area contributed by atoms with Crippen LogP contribution in [0.4, 0.5) is 0 Å². The first-order chi connectivity index (χ1) is 6.57. The van der Waals surface area contributed by atoms with E-state index in [1.165, 1.54) is 16.3 Å². The van der Waals surface area contributed by atoms with E-state index in [-0.39, 0.29) is 5.41 Å². The van der Waals surface area contributed by atoms with Gasteiger partial charge in [-0.1, -0.05) is 51.1 Å². The highest BCUT2D eigenvalue weighted by molar-refractivity contribution is 5.83. The first-order valence-corrected chi connectivity index (χ1v) is 4.98. The number of hydrogen-bond donors (Lipinski definition) is 0. The third kappa shape index (κ3) is 1.65. The van der Waals surface area contributed by atoms with Gasteiger partial charge in [0.25, 0.3) is 0 Å². The fraction of sp³-hybridized carbons (Fsp3) is 0.286. The molecule has 0 amide bonds. The minimum atomic E-state index is 0.230. The zero-order valence-electron chi connectivity index (χ0n) is 8.96. The lowest BCUT2D eigenvalue weighted by Gasteiger charge is -2.19. The van der Waals surface area contributed by atoms with Crippen LogP contribution in [0, 0.1) is 6.07 Å². The van der Waals surface area contributed by atoms with Crippen LogP contribution in [0.25, 0.3) is 10.8 Å². The van der Waals surface area contributed by atoms with Gasteiger partial charge in [0.2, 0.25) is 0 Å². The molecule has 0 nitrogen and oxygen atoms in total. The largest absolute Gasteiger partial charge is 0.0579 e. The molecule has 0 heteroatoms. The smallest absolute Gasteiger partial charge is 0.0132 e. The van der Waals surface area contributed by atoms with Gasteiger partial charge in [-0.15, -0.1) is 0 Å². The Morgan fingerprint density at radius 1 is 1.00 bits per heavy atom. The molecule has 0 spiro atoms. The van der Waals surface area contributed by atoms with Crippen LogP contribution in [0.5, 0.6) is 0 Å². The van der Waals surface area contributed by atoms with Crippen molar-refractivity contribution in [3.05, 3.63) is 48.0 Å². The van der Waals surface area contributed by atoms with E-state index in [1.54, 1.807) is 0 Å². The van der Waals surface area contributed by atoms with Crippen LogP contribution in [0.3, 0.4) is 0 Å². The second kappa shape index (κ2) is 3.13. The minimum Gasteiger partial charge on any atom is -0.0579 e. The van der Waals surface area contributed by atoms with E-state index in [9.17, 15) is 0 Å². The molecule has 0 aromatic heterocycles. The normalized spacial score (nSPS) is 11.9. The molecule has 0 N–H and O–H groups in total. The lowest BCUT2D eigenvalue weighted by atomic mass is 9.86. The lowest BCUT2D eigenvalue weighted by molar-refractivity contribution is 0.591. The molecule has 0 bridgehead atoms. The predicted molar refractivity (Wildman–Crippen MR) is 61.5 cm³/mol. The first-order valence-electron chi connectivity index (χ1n) is 4.98. The van der Waals surface area contributed by atoms with Crippen molar-refractivity contribution in [2.75, 3.05) is 0 Å². The summed E-state index contributed by atoms with van der Waals surface area (Å²) < 4.78 is 0. The van der Waals surface area contributed by atoms with Gasteiger partial charge in [-0.3, -0.25) is 0 Å². The Labute approximate surface area is 85.6 Å². The summed E-state index contributed by atoms with van der Waals surface area (Å²) in [6, 6.07) is 15.9. The zero-order valence-corrected chi connectivity index (χ0v) is 8.96. The van der Waals surface area contributed by atoms with E-state index < -0.39 is 0 Å². The lowest BCUT2D eigenvalue weighted by Crippen LogP contribution is -2.10. The quantitative estimate of drug-likeness (QED) is 0.580. The fourth-order valence-corrected chi connectivity index (χ4v) is 1.59. The second-order valence-corrected chi connectivity index (χ2v) is 4.74. The maximum Gasteiger partial charge on any atom is -0.0132 e. The molecular formula is C14H15. The molecule has 71 valence electrons.